The van der Waals surface area contributed by atoms with E-state index in [0.717, 1.165) is 71.0 Å². The predicted molar refractivity (Wildman–Crippen MR) is 167 cm³/mol. The number of hydrogen-bond acceptors (Lipinski definition) is 7. The van der Waals surface area contributed by atoms with Gasteiger partial charge in [-0.3, -0.25) is 9.78 Å². The summed E-state index contributed by atoms with van der Waals surface area (Å²) in [7, 11) is 5.69. The first-order valence-electron chi connectivity index (χ1n) is 15.2. The molecule has 0 spiro atoms. The number of nitrogens with two attached hydrogens (primary N) is 1. The quantitative estimate of drug-likeness (QED) is 0.298. The number of rotatable bonds is 7. The zero-order valence-corrected chi connectivity index (χ0v) is 24.8. The highest BCUT2D eigenvalue weighted by Crippen LogP contribution is 2.40. The minimum atomic E-state index is 0.00736. The van der Waals surface area contributed by atoms with Gasteiger partial charge in [0.15, 0.2) is 5.82 Å². The van der Waals surface area contributed by atoms with Crippen LogP contribution in [0.3, 0.4) is 0 Å². The van der Waals surface area contributed by atoms with Gasteiger partial charge in [-0.15, -0.1) is 0 Å². The van der Waals surface area contributed by atoms with E-state index in [2.05, 4.69) is 37.2 Å². The maximum Gasteiger partial charge on any atom is 0.254 e. The van der Waals surface area contributed by atoms with Crippen molar-refractivity contribution in [3.05, 3.63) is 60.4 Å². The first-order chi connectivity index (χ1) is 20.9. The van der Waals surface area contributed by atoms with Gasteiger partial charge in [0.1, 0.15) is 22.7 Å². The van der Waals surface area contributed by atoms with Gasteiger partial charge >= 0.3 is 0 Å². The lowest BCUT2D eigenvalue weighted by Gasteiger charge is -2.27. The number of piperidine rings is 1. The molecule has 5 aromatic rings. The summed E-state index contributed by atoms with van der Waals surface area (Å²) in [4.78, 5) is 32.2. The van der Waals surface area contributed by atoms with Crippen LogP contribution in [0.5, 0.6) is 5.75 Å². The molecule has 8 rings (SSSR count). The van der Waals surface area contributed by atoms with Crippen molar-refractivity contribution in [3.8, 4) is 17.3 Å². The number of ether oxygens (including phenoxy) is 1. The van der Waals surface area contributed by atoms with Crippen LogP contribution in [0.25, 0.3) is 33.6 Å². The minimum absolute atomic E-state index is 0.00736. The molecule has 2 N–H and O–H groups in total. The van der Waals surface area contributed by atoms with Gasteiger partial charge in [-0.2, -0.15) is 0 Å². The number of fused-ring (bicyclic) bond motifs is 4. The number of imidazole rings is 1. The van der Waals surface area contributed by atoms with Crippen molar-refractivity contribution in [2.75, 3.05) is 25.6 Å². The lowest BCUT2D eigenvalue weighted by Crippen LogP contribution is -2.41. The van der Waals surface area contributed by atoms with Crippen LogP contribution in [-0.2, 0) is 13.6 Å². The number of amides is 1. The number of benzene rings is 1. The minimum Gasteiger partial charge on any atom is -0.494 e. The smallest absolute Gasteiger partial charge is 0.254 e. The van der Waals surface area contributed by atoms with Gasteiger partial charge in [0, 0.05) is 68.3 Å². The summed E-state index contributed by atoms with van der Waals surface area (Å²) in [5.74, 6) is 3.36. The SMILES string of the molecule is COc1cc(C(=O)N2CC3CCC2C3N)cc2nc(-c3cc4ccc(N(C)c5ccncc5)nc4n3CC3CC3)n(C)c12. The number of anilines is 2. The summed E-state index contributed by atoms with van der Waals surface area (Å²) in [6.07, 6.45) is 8.11. The Morgan fingerprint density at radius 2 is 1.88 bits per heavy atom. The molecule has 3 unspecified atom stereocenters. The molecule has 10 heteroatoms. The number of nitrogens with zero attached hydrogens (tertiary/aromatic N) is 7. The molecule has 1 aromatic carbocycles. The summed E-state index contributed by atoms with van der Waals surface area (Å²) >= 11 is 0. The van der Waals surface area contributed by atoms with E-state index in [0.29, 0.717) is 23.1 Å². The summed E-state index contributed by atoms with van der Waals surface area (Å²) in [5.41, 5.74) is 11.6. The van der Waals surface area contributed by atoms with Gasteiger partial charge in [-0.05, 0) is 80.0 Å². The fourth-order valence-corrected chi connectivity index (χ4v) is 7.20. The molecule has 1 amide bonds. The van der Waals surface area contributed by atoms with Crippen molar-refractivity contribution in [3.63, 3.8) is 0 Å². The lowest BCUT2D eigenvalue weighted by molar-refractivity contribution is 0.0700. The van der Waals surface area contributed by atoms with E-state index >= 15 is 0 Å². The number of methoxy groups -OCH3 is 1. The number of carbonyl (C=O) groups is 1. The number of aryl methyl sites for hydroxylation is 1. The molecule has 43 heavy (non-hydrogen) atoms. The van der Waals surface area contributed by atoms with Gasteiger partial charge in [-0.1, -0.05) is 0 Å². The highest BCUT2D eigenvalue weighted by atomic mass is 16.5. The van der Waals surface area contributed by atoms with Crippen molar-refractivity contribution < 1.29 is 9.53 Å². The molecule has 3 atom stereocenters. The molecule has 220 valence electrons. The Hall–Kier alpha value is -4.44. The van der Waals surface area contributed by atoms with Crippen molar-refractivity contribution in [1.82, 2.24) is 29.0 Å². The topological polar surface area (TPSA) is 107 Å². The van der Waals surface area contributed by atoms with Crippen LogP contribution in [0.15, 0.2) is 54.9 Å². The molecule has 2 bridgehead atoms. The molecule has 0 radical (unpaired) electrons. The van der Waals surface area contributed by atoms with Crippen LogP contribution in [0.1, 0.15) is 36.0 Å². The normalized spacial score (nSPS) is 21.3. The first kappa shape index (κ1) is 26.2. The van der Waals surface area contributed by atoms with E-state index in [4.69, 9.17) is 20.4 Å². The van der Waals surface area contributed by atoms with Crippen molar-refractivity contribution in [2.45, 2.75) is 44.3 Å². The summed E-state index contributed by atoms with van der Waals surface area (Å²) in [6.45, 7) is 1.61. The van der Waals surface area contributed by atoms with E-state index in [1.807, 2.05) is 43.3 Å². The molecular formula is C33H36N8O2. The third kappa shape index (κ3) is 4.18. The van der Waals surface area contributed by atoms with Crippen LogP contribution in [0, 0.1) is 11.8 Å². The van der Waals surface area contributed by atoms with E-state index < -0.39 is 0 Å². The fourth-order valence-electron chi connectivity index (χ4n) is 7.20. The van der Waals surface area contributed by atoms with Gasteiger partial charge in [-0.25, -0.2) is 9.97 Å². The zero-order chi connectivity index (χ0) is 29.4. The number of pyridine rings is 2. The molecule has 3 aliphatic rings. The number of aromatic nitrogens is 5. The lowest BCUT2D eigenvalue weighted by atomic mass is 10.1. The second kappa shape index (κ2) is 9.80. The standard InChI is InChI=1S/C33H36N8O2/c1-38(23-10-12-35-13-11-23)28-9-7-20-15-26(40(31(20)37-28)17-19-4-5-19)32-36-24-14-22(16-27(43-3)30(24)39(32)2)33(42)41-18-21-6-8-25(41)29(21)34/h7,9-16,19,21,25,29H,4-6,8,17-18,34H2,1-3H3. The van der Waals surface area contributed by atoms with E-state index in [-0.39, 0.29) is 18.0 Å². The predicted octanol–water partition coefficient (Wildman–Crippen LogP) is 4.73. The molecule has 5 heterocycles. The molecule has 10 nitrogen and oxygen atoms in total. The Balaban J connectivity index is 1.23. The Morgan fingerprint density at radius 3 is 2.58 bits per heavy atom. The van der Waals surface area contributed by atoms with Crippen LogP contribution in [0.2, 0.25) is 0 Å². The van der Waals surface area contributed by atoms with Crippen LogP contribution < -0.4 is 15.4 Å². The maximum absolute atomic E-state index is 13.7. The Morgan fingerprint density at radius 1 is 1.07 bits per heavy atom. The maximum atomic E-state index is 13.7. The third-order valence-corrected chi connectivity index (χ3v) is 9.81. The monoisotopic (exact) mass is 576 g/mol. The Labute approximate surface area is 250 Å². The first-order valence-corrected chi connectivity index (χ1v) is 15.2. The summed E-state index contributed by atoms with van der Waals surface area (Å²) < 4.78 is 10.3. The Bertz CT molecular complexity index is 1870. The average Bonchev–Trinajstić information content (AvgIpc) is 3.44. The number of carbonyl (C=O) groups excluding carboxylic acids is 1. The molecule has 2 saturated carbocycles. The molecule has 4 aromatic heterocycles. The van der Waals surface area contributed by atoms with Gasteiger partial charge in [0.25, 0.3) is 5.91 Å². The second-order valence-corrected chi connectivity index (χ2v) is 12.4. The fraction of sp³-hybridized carbons (Fsp3) is 0.394. The van der Waals surface area contributed by atoms with Gasteiger partial charge < -0.3 is 29.4 Å². The molecule has 1 saturated heterocycles. The van der Waals surface area contributed by atoms with Gasteiger partial charge in [0.2, 0.25) is 0 Å². The molecule has 3 fully saturated rings. The highest BCUT2D eigenvalue weighted by molar-refractivity contribution is 6.00. The Kier molecular flexibility index (Phi) is 5.98. The number of hydrogen-bond donors (Lipinski definition) is 1. The van der Waals surface area contributed by atoms with E-state index in [1.165, 1.54) is 12.8 Å². The van der Waals surface area contributed by atoms with Gasteiger partial charge in [0.05, 0.1) is 18.3 Å². The second-order valence-electron chi connectivity index (χ2n) is 12.4. The molecule has 1 aliphatic heterocycles. The number of likely N-dealkylation sites (tertiary alicyclic amines) is 1. The summed E-state index contributed by atoms with van der Waals surface area (Å²) in [5, 5.41) is 1.07. The van der Waals surface area contributed by atoms with Crippen LogP contribution >= 0.6 is 0 Å². The van der Waals surface area contributed by atoms with Crippen molar-refractivity contribution in [1.29, 1.82) is 0 Å². The van der Waals surface area contributed by atoms with E-state index in [9.17, 15) is 4.79 Å². The van der Waals surface area contributed by atoms with Crippen LogP contribution in [-0.4, -0.2) is 67.7 Å². The molecular weight excluding hydrogens is 540 g/mol. The van der Waals surface area contributed by atoms with Crippen LogP contribution in [0.4, 0.5) is 11.5 Å². The van der Waals surface area contributed by atoms with E-state index in [1.54, 1.807) is 19.5 Å². The van der Waals surface area contributed by atoms with Crippen molar-refractivity contribution >= 4 is 39.5 Å². The molecule has 2 aliphatic carbocycles. The highest BCUT2D eigenvalue weighted by Gasteiger charge is 2.47. The largest absolute Gasteiger partial charge is 0.494 e. The zero-order valence-electron chi connectivity index (χ0n) is 24.8. The average molecular weight is 577 g/mol. The summed E-state index contributed by atoms with van der Waals surface area (Å²) in [6, 6.07) is 14.3. The third-order valence-electron chi connectivity index (χ3n) is 9.81. The van der Waals surface area contributed by atoms with Crippen molar-refractivity contribution in [2.24, 2.45) is 24.6 Å².